The number of carbonyl (C=O) groups is 1. The fraction of sp³-hybridized carbons (Fsp3) is 0.375. The molecule has 1 aromatic heterocycles. The zero-order chi connectivity index (χ0) is 15.2. The molecule has 0 spiro atoms. The van der Waals surface area contributed by atoms with Gasteiger partial charge >= 0.3 is 0 Å². The quantitative estimate of drug-likeness (QED) is 0.800. The summed E-state index contributed by atoms with van der Waals surface area (Å²) in [6, 6.07) is 7.20. The van der Waals surface area contributed by atoms with E-state index in [1.54, 1.807) is 18.3 Å². The molecule has 0 saturated carbocycles. The lowest BCUT2D eigenvalue weighted by molar-refractivity contribution is -0.123. The number of pyridine rings is 1. The zero-order valence-corrected chi connectivity index (χ0v) is 12.4. The third kappa shape index (κ3) is 4.08. The van der Waals surface area contributed by atoms with Gasteiger partial charge < -0.3 is 15.8 Å². The molecule has 1 amide bonds. The molecule has 1 heterocycles. The third-order valence-corrected chi connectivity index (χ3v) is 3.17. The topological polar surface area (TPSA) is 77.2 Å². The number of hydrogen-bond acceptors (Lipinski definition) is 4. The first kappa shape index (κ1) is 15.1. The molecule has 0 atom stereocenters. The number of nitrogens with one attached hydrogen (secondary N) is 1. The minimum absolute atomic E-state index is 0.0202. The maximum Gasteiger partial charge on any atom is 0.257 e. The van der Waals surface area contributed by atoms with Crippen LogP contribution >= 0.6 is 0 Å². The molecule has 2 rings (SSSR count). The van der Waals surface area contributed by atoms with E-state index in [1.165, 1.54) is 0 Å². The number of nitrogen functional groups attached to an aromatic ring is 1. The number of amides is 1. The number of carbonyl (C=O) groups excluding carboxylic acids is 1. The van der Waals surface area contributed by atoms with Crippen LogP contribution in [0.3, 0.4) is 0 Å². The molecule has 5 heteroatoms. The number of nitrogens with two attached hydrogens (primary N) is 1. The lowest BCUT2D eigenvalue weighted by Gasteiger charge is -2.11. The molecule has 0 aliphatic carbocycles. The Morgan fingerprint density at radius 2 is 2.19 bits per heavy atom. The van der Waals surface area contributed by atoms with E-state index in [1.807, 2.05) is 12.1 Å². The highest BCUT2D eigenvalue weighted by molar-refractivity contribution is 5.94. The van der Waals surface area contributed by atoms with Gasteiger partial charge in [-0.1, -0.05) is 13.8 Å². The largest absolute Gasteiger partial charge is 0.481 e. The number of ether oxygens (including phenoxy) is 1. The molecule has 0 aliphatic rings. The number of anilines is 1. The Kier molecular flexibility index (Phi) is 4.98. The predicted octanol–water partition coefficient (Wildman–Crippen LogP) is 2.36. The number of aromatic nitrogens is 1. The van der Waals surface area contributed by atoms with E-state index in [-0.39, 0.29) is 12.5 Å². The highest BCUT2D eigenvalue weighted by Crippen LogP contribution is 2.27. The molecule has 0 aliphatic heterocycles. The number of rotatable bonds is 6. The summed E-state index contributed by atoms with van der Waals surface area (Å²) in [4.78, 5) is 16.0. The van der Waals surface area contributed by atoms with Crippen LogP contribution in [0.5, 0.6) is 5.75 Å². The van der Waals surface area contributed by atoms with E-state index in [0.717, 1.165) is 11.8 Å². The summed E-state index contributed by atoms with van der Waals surface area (Å²) >= 11 is 0. The number of fused-ring (bicyclic) bond motifs is 1. The second kappa shape index (κ2) is 6.92. The predicted molar refractivity (Wildman–Crippen MR) is 84.1 cm³/mol. The summed E-state index contributed by atoms with van der Waals surface area (Å²) in [5, 5.41) is 3.66. The first-order chi connectivity index (χ1) is 10.1. The van der Waals surface area contributed by atoms with E-state index in [9.17, 15) is 4.79 Å². The number of nitrogens with zero attached hydrogens (tertiary/aromatic N) is 1. The highest BCUT2D eigenvalue weighted by atomic mass is 16.5. The molecular formula is C16H21N3O2. The Bertz CT molecular complexity index is 626. The average molecular weight is 287 g/mol. The van der Waals surface area contributed by atoms with E-state index in [0.29, 0.717) is 29.4 Å². The van der Waals surface area contributed by atoms with Crippen molar-refractivity contribution >= 4 is 22.5 Å². The van der Waals surface area contributed by atoms with Gasteiger partial charge in [0, 0.05) is 23.8 Å². The molecule has 0 unspecified atom stereocenters. The number of benzene rings is 1. The first-order valence-corrected chi connectivity index (χ1v) is 7.10. The van der Waals surface area contributed by atoms with Crippen molar-refractivity contribution in [1.82, 2.24) is 10.3 Å². The van der Waals surface area contributed by atoms with Gasteiger partial charge in [0.15, 0.2) is 6.61 Å². The standard InChI is InChI=1S/C16H21N3O2/c1-11(2)7-9-18-15(20)10-21-14-6-5-13(17)12-4-3-8-19-16(12)14/h3-6,8,11H,7,9-10,17H2,1-2H3,(H,18,20). The lowest BCUT2D eigenvalue weighted by Crippen LogP contribution is -2.30. The van der Waals surface area contributed by atoms with E-state index in [4.69, 9.17) is 10.5 Å². The van der Waals surface area contributed by atoms with Gasteiger partial charge in [-0.25, -0.2) is 0 Å². The average Bonchev–Trinajstić information content (AvgIpc) is 2.46. The Morgan fingerprint density at radius 1 is 1.38 bits per heavy atom. The van der Waals surface area contributed by atoms with Crippen LogP contribution in [-0.2, 0) is 4.79 Å². The van der Waals surface area contributed by atoms with Crippen molar-refractivity contribution in [3.8, 4) is 5.75 Å². The van der Waals surface area contributed by atoms with Crippen LogP contribution in [0.2, 0.25) is 0 Å². The van der Waals surface area contributed by atoms with E-state index < -0.39 is 0 Å². The van der Waals surface area contributed by atoms with Crippen molar-refractivity contribution in [3.63, 3.8) is 0 Å². The van der Waals surface area contributed by atoms with Gasteiger partial charge in [-0.15, -0.1) is 0 Å². The van der Waals surface area contributed by atoms with E-state index in [2.05, 4.69) is 24.1 Å². The molecule has 2 aromatic rings. The fourth-order valence-electron chi connectivity index (χ4n) is 1.98. The van der Waals surface area contributed by atoms with E-state index >= 15 is 0 Å². The highest BCUT2D eigenvalue weighted by Gasteiger charge is 2.08. The smallest absolute Gasteiger partial charge is 0.257 e. The lowest BCUT2D eigenvalue weighted by atomic mass is 10.1. The summed E-state index contributed by atoms with van der Waals surface area (Å²) in [5.41, 5.74) is 7.22. The van der Waals surface area contributed by atoms with Crippen LogP contribution in [0.1, 0.15) is 20.3 Å². The number of hydrogen-bond donors (Lipinski definition) is 2. The van der Waals surface area contributed by atoms with Crippen LogP contribution in [0.15, 0.2) is 30.5 Å². The molecule has 3 N–H and O–H groups in total. The fourth-order valence-corrected chi connectivity index (χ4v) is 1.98. The Hall–Kier alpha value is -2.30. The van der Waals surface area contributed by atoms with Gasteiger partial charge in [0.25, 0.3) is 5.91 Å². The maximum absolute atomic E-state index is 11.7. The molecule has 112 valence electrons. The van der Waals surface area contributed by atoms with Gasteiger partial charge in [-0.2, -0.15) is 0 Å². The van der Waals surface area contributed by atoms with Gasteiger partial charge in [0.1, 0.15) is 11.3 Å². The van der Waals surface area contributed by atoms with Crippen molar-refractivity contribution in [2.24, 2.45) is 5.92 Å². The van der Waals surface area contributed by atoms with Gasteiger partial charge in [0.05, 0.1) is 0 Å². The summed E-state index contributed by atoms with van der Waals surface area (Å²) < 4.78 is 5.56. The monoisotopic (exact) mass is 287 g/mol. The van der Waals surface area contributed by atoms with Gasteiger partial charge in [-0.05, 0) is 36.6 Å². The molecule has 21 heavy (non-hydrogen) atoms. The molecule has 0 radical (unpaired) electrons. The SMILES string of the molecule is CC(C)CCNC(=O)COc1ccc(N)c2cccnc12. The molecule has 0 bridgehead atoms. The molecule has 0 saturated heterocycles. The van der Waals surface area contributed by atoms with Crippen LogP contribution in [-0.4, -0.2) is 24.0 Å². The van der Waals surface area contributed by atoms with Crippen molar-refractivity contribution in [2.45, 2.75) is 20.3 Å². The first-order valence-electron chi connectivity index (χ1n) is 7.10. The Morgan fingerprint density at radius 3 is 2.95 bits per heavy atom. The summed E-state index contributed by atoms with van der Waals surface area (Å²) in [5.74, 6) is 1.01. The van der Waals surface area contributed by atoms with Crippen LogP contribution in [0.25, 0.3) is 10.9 Å². The molecular weight excluding hydrogens is 266 g/mol. The van der Waals surface area contributed by atoms with Crippen molar-refractivity contribution in [3.05, 3.63) is 30.5 Å². The summed E-state index contributed by atoms with van der Waals surface area (Å²) in [7, 11) is 0. The molecule has 0 fully saturated rings. The molecule has 1 aromatic carbocycles. The summed E-state index contributed by atoms with van der Waals surface area (Å²) in [6.07, 6.45) is 2.63. The summed E-state index contributed by atoms with van der Waals surface area (Å²) in [6.45, 7) is 4.89. The minimum Gasteiger partial charge on any atom is -0.481 e. The second-order valence-electron chi connectivity index (χ2n) is 5.37. The zero-order valence-electron chi connectivity index (χ0n) is 12.4. The Balaban J connectivity index is 1.98. The van der Waals surface area contributed by atoms with Crippen LogP contribution in [0, 0.1) is 5.92 Å². The minimum atomic E-state index is -0.128. The maximum atomic E-state index is 11.7. The van der Waals surface area contributed by atoms with Crippen LogP contribution in [0.4, 0.5) is 5.69 Å². The third-order valence-electron chi connectivity index (χ3n) is 3.17. The second-order valence-corrected chi connectivity index (χ2v) is 5.37. The molecule has 5 nitrogen and oxygen atoms in total. The van der Waals surface area contributed by atoms with Crippen LogP contribution < -0.4 is 15.8 Å². The van der Waals surface area contributed by atoms with Gasteiger partial charge in [0.2, 0.25) is 0 Å². The normalized spacial score (nSPS) is 10.8. The van der Waals surface area contributed by atoms with Crippen molar-refractivity contribution in [1.29, 1.82) is 0 Å². The Labute approximate surface area is 124 Å². The van der Waals surface area contributed by atoms with Crippen molar-refractivity contribution in [2.75, 3.05) is 18.9 Å². The van der Waals surface area contributed by atoms with Gasteiger partial charge in [-0.3, -0.25) is 9.78 Å². The van der Waals surface area contributed by atoms with Crippen molar-refractivity contribution < 1.29 is 9.53 Å².